The molecule has 1 aromatic carbocycles. The van der Waals surface area contributed by atoms with Gasteiger partial charge in [-0.25, -0.2) is 0 Å². The fraction of sp³-hybridized carbons (Fsp3) is 0.188. The lowest BCUT2D eigenvalue weighted by Gasteiger charge is -2.09. The molecule has 0 fully saturated rings. The standard InChI is InChI=1S/C16H16N4/c1-9-4-5-12-8-13(6-7-14(12)18-9)15-10(2)11(3)16(17)20-19-15/h4-8H,1-3H3,(H2,17,20). The average Bonchev–Trinajstić information content (AvgIpc) is 2.44. The Morgan fingerprint density at radius 2 is 1.70 bits per heavy atom. The molecule has 2 heterocycles. The molecule has 0 bridgehead atoms. The van der Waals surface area contributed by atoms with E-state index in [1.807, 2.05) is 39.0 Å². The fourth-order valence-electron chi connectivity index (χ4n) is 2.27. The third-order valence-corrected chi connectivity index (χ3v) is 3.66. The minimum Gasteiger partial charge on any atom is -0.382 e. The molecule has 0 saturated heterocycles. The Labute approximate surface area is 117 Å². The number of anilines is 1. The molecule has 4 heteroatoms. The number of aryl methyl sites for hydroxylation is 1. The number of aromatic nitrogens is 3. The summed E-state index contributed by atoms with van der Waals surface area (Å²) in [7, 11) is 0. The van der Waals surface area contributed by atoms with Gasteiger partial charge in [0.05, 0.1) is 11.2 Å². The second-order valence-corrected chi connectivity index (χ2v) is 5.04. The van der Waals surface area contributed by atoms with E-state index in [0.717, 1.165) is 39.0 Å². The van der Waals surface area contributed by atoms with Gasteiger partial charge in [-0.15, -0.1) is 10.2 Å². The largest absolute Gasteiger partial charge is 0.382 e. The van der Waals surface area contributed by atoms with E-state index in [0.29, 0.717) is 5.82 Å². The highest BCUT2D eigenvalue weighted by atomic mass is 15.1. The van der Waals surface area contributed by atoms with Gasteiger partial charge < -0.3 is 5.73 Å². The van der Waals surface area contributed by atoms with Gasteiger partial charge in [0.2, 0.25) is 0 Å². The van der Waals surface area contributed by atoms with Gasteiger partial charge in [0, 0.05) is 16.6 Å². The van der Waals surface area contributed by atoms with Crippen molar-refractivity contribution < 1.29 is 0 Å². The number of nitrogen functional groups attached to an aromatic ring is 1. The van der Waals surface area contributed by atoms with E-state index in [2.05, 4.69) is 27.3 Å². The second-order valence-electron chi connectivity index (χ2n) is 5.04. The SMILES string of the molecule is Cc1ccc2cc(-c3nnc(N)c(C)c3C)ccc2n1. The van der Waals surface area contributed by atoms with Gasteiger partial charge in [-0.2, -0.15) is 0 Å². The highest BCUT2D eigenvalue weighted by Crippen LogP contribution is 2.27. The normalized spacial score (nSPS) is 10.9. The molecule has 0 aliphatic rings. The zero-order valence-corrected chi connectivity index (χ0v) is 11.8. The van der Waals surface area contributed by atoms with Crippen molar-refractivity contribution in [1.82, 2.24) is 15.2 Å². The average molecular weight is 264 g/mol. The molecule has 0 radical (unpaired) electrons. The van der Waals surface area contributed by atoms with Gasteiger partial charge in [0.1, 0.15) is 5.82 Å². The number of fused-ring (bicyclic) bond motifs is 1. The highest BCUT2D eigenvalue weighted by Gasteiger charge is 2.10. The minimum absolute atomic E-state index is 0.490. The molecule has 100 valence electrons. The zero-order valence-electron chi connectivity index (χ0n) is 11.8. The molecule has 0 unspecified atom stereocenters. The summed E-state index contributed by atoms with van der Waals surface area (Å²) in [4.78, 5) is 4.51. The van der Waals surface area contributed by atoms with Crippen LogP contribution in [0.3, 0.4) is 0 Å². The monoisotopic (exact) mass is 264 g/mol. The highest BCUT2D eigenvalue weighted by molar-refractivity contribution is 5.84. The van der Waals surface area contributed by atoms with Crippen LogP contribution in [0.15, 0.2) is 30.3 Å². The summed E-state index contributed by atoms with van der Waals surface area (Å²) in [5.74, 6) is 0.490. The van der Waals surface area contributed by atoms with Gasteiger partial charge in [-0.1, -0.05) is 12.1 Å². The van der Waals surface area contributed by atoms with Gasteiger partial charge in [0.15, 0.2) is 0 Å². The van der Waals surface area contributed by atoms with E-state index in [1.165, 1.54) is 0 Å². The summed E-state index contributed by atoms with van der Waals surface area (Å²) in [6.07, 6.45) is 0. The van der Waals surface area contributed by atoms with Gasteiger partial charge >= 0.3 is 0 Å². The molecule has 0 spiro atoms. The summed E-state index contributed by atoms with van der Waals surface area (Å²) in [5.41, 5.74) is 11.8. The van der Waals surface area contributed by atoms with Crippen LogP contribution >= 0.6 is 0 Å². The molecule has 20 heavy (non-hydrogen) atoms. The van der Waals surface area contributed by atoms with Gasteiger partial charge in [0.25, 0.3) is 0 Å². The zero-order chi connectivity index (χ0) is 14.3. The van der Waals surface area contributed by atoms with E-state index in [4.69, 9.17) is 5.73 Å². The lowest BCUT2D eigenvalue weighted by atomic mass is 10.0. The Kier molecular flexibility index (Phi) is 2.86. The van der Waals surface area contributed by atoms with E-state index in [9.17, 15) is 0 Å². The maximum Gasteiger partial charge on any atom is 0.149 e. The number of hydrogen-bond donors (Lipinski definition) is 1. The Balaban J connectivity index is 2.20. The van der Waals surface area contributed by atoms with E-state index >= 15 is 0 Å². The third-order valence-electron chi connectivity index (χ3n) is 3.66. The van der Waals surface area contributed by atoms with Crippen LogP contribution in [0.1, 0.15) is 16.8 Å². The number of pyridine rings is 1. The Morgan fingerprint density at radius 1 is 0.900 bits per heavy atom. The summed E-state index contributed by atoms with van der Waals surface area (Å²) in [6.45, 7) is 5.98. The lowest BCUT2D eigenvalue weighted by molar-refractivity contribution is 1.02. The molecular weight excluding hydrogens is 248 g/mol. The predicted molar refractivity (Wildman–Crippen MR) is 81.4 cm³/mol. The second kappa shape index (κ2) is 4.56. The topological polar surface area (TPSA) is 64.7 Å². The van der Waals surface area contributed by atoms with Crippen molar-refractivity contribution in [3.8, 4) is 11.3 Å². The molecule has 4 nitrogen and oxygen atoms in total. The van der Waals surface area contributed by atoms with Crippen molar-refractivity contribution in [2.45, 2.75) is 20.8 Å². The molecule has 0 amide bonds. The van der Waals surface area contributed by atoms with Crippen LogP contribution in [0.25, 0.3) is 22.2 Å². The molecule has 0 aliphatic carbocycles. The predicted octanol–water partition coefficient (Wildman–Crippen LogP) is 3.20. The first-order chi connectivity index (χ1) is 9.56. The van der Waals surface area contributed by atoms with E-state index in [-0.39, 0.29) is 0 Å². The smallest absolute Gasteiger partial charge is 0.149 e. The minimum atomic E-state index is 0.490. The summed E-state index contributed by atoms with van der Waals surface area (Å²) in [6, 6.07) is 10.2. The molecule has 3 aromatic rings. The van der Waals surface area contributed by atoms with Crippen LogP contribution in [0.2, 0.25) is 0 Å². The number of rotatable bonds is 1. The van der Waals surface area contributed by atoms with Crippen molar-refractivity contribution >= 4 is 16.7 Å². The van der Waals surface area contributed by atoms with Crippen molar-refractivity contribution in [2.75, 3.05) is 5.73 Å². The summed E-state index contributed by atoms with van der Waals surface area (Å²) in [5, 5.41) is 9.36. The van der Waals surface area contributed by atoms with Crippen molar-refractivity contribution in [3.63, 3.8) is 0 Å². The lowest BCUT2D eigenvalue weighted by Crippen LogP contribution is -2.02. The van der Waals surface area contributed by atoms with Crippen LogP contribution in [0.4, 0.5) is 5.82 Å². The number of nitrogens with two attached hydrogens (primary N) is 1. The van der Waals surface area contributed by atoms with E-state index in [1.54, 1.807) is 0 Å². The van der Waals surface area contributed by atoms with Crippen LogP contribution in [-0.2, 0) is 0 Å². The van der Waals surface area contributed by atoms with Crippen LogP contribution in [0.5, 0.6) is 0 Å². The molecule has 0 aliphatic heterocycles. The van der Waals surface area contributed by atoms with Crippen LogP contribution in [0, 0.1) is 20.8 Å². The van der Waals surface area contributed by atoms with Crippen LogP contribution in [-0.4, -0.2) is 15.2 Å². The molecule has 0 atom stereocenters. The Hall–Kier alpha value is -2.49. The van der Waals surface area contributed by atoms with Crippen LogP contribution < -0.4 is 5.73 Å². The maximum absolute atomic E-state index is 5.79. The summed E-state index contributed by atoms with van der Waals surface area (Å²) < 4.78 is 0. The number of hydrogen-bond acceptors (Lipinski definition) is 4. The molecular formula is C16H16N4. The Morgan fingerprint density at radius 3 is 2.50 bits per heavy atom. The third kappa shape index (κ3) is 1.99. The van der Waals surface area contributed by atoms with Crippen molar-refractivity contribution in [2.24, 2.45) is 0 Å². The maximum atomic E-state index is 5.79. The van der Waals surface area contributed by atoms with Gasteiger partial charge in [-0.05, 0) is 50.1 Å². The Bertz CT molecular complexity index is 809. The quantitative estimate of drug-likeness (QED) is 0.733. The number of nitrogens with zero attached hydrogens (tertiary/aromatic N) is 3. The molecule has 2 N–H and O–H groups in total. The summed E-state index contributed by atoms with van der Waals surface area (Å²) >= 11 is 0. The van der Waals surface area contributed by atoms with E-state index < -0.39 is 0 Å². The molecule has 0 saturated carbocycles. The molecule has 3 rings (SSSR count). The first kappa shape index (κ1) is 12.5. The van der Waals surface area contributed by atoms with Crippen molar-refractivity contribution in [1.29, 1.82) is 0 Å². The number of benzene rings is 1. The van der Waals surface area contributed by atoms with Crippen molar-refractivity contribution in [3.05, 3.63) is 47.2 Å². The first-order valence-corrected chi connectivity index (χ1v) is 6.53. The first-order valence-electron chi connectivity index (χ1n) is 6.53. The fourth-order valence-corrected chi connectivity index (χ4v) is 2.27. The van der Waals surface area contributed by atoms with Gasteiger partial charge in [-0.3, -0.25) is 4.98 Å². The molecule has 2 aromatic heterocycles.